The highest BCUT2D eigenvalue weighted by atomic mass is 19.1. The molecule has 3 heterocycles. The molecule has 0 radical (unpaired) electrons. The van der Waals surface area contributed by atoms with Gasteiger partial charge >= 0.3 is 0 Å². The SMILES string of the molecule is O=C1CCC(Nc2ccc(N3CCN(C4CCC(NC(=O)C5CCC(Nc6ncc(F)c(-c7cccc(C8CC8)c7)n6)CC5)CC4)CC3)c(F)c2)C(=O)N1. The first-order valence-electron chi connectivity index (χ1n) is 19.8. The number of hydrogen-bond donors (Lipinski definition) is 4. The molecule has 2 aliphatic heterocycles. The summed E-state index contributed by atoms with van der Waals surface area (Å²) in [6.07, 6.45) is 11.5. The maximum Gasteiger partial charge on any atom is 0.249 e. The number of carbonyl (C=O) groups excluding carboxylic acids is 3. The third-order valence-electron chi connectivity index (χ3n) is 12.1. The molecule has 11 nitrogen and oxygen atoms in total. The summed E-state index contributed by atoms with van der Waals surface area (Å²) in [5.74, 6) is -0.264. The molecule has 8 rings (SSSR count). The van der Waals surface area contributed by atoms with Crippen LogP contribution < -0.4 is 26.2 Å². The smallest absolute Gasteiger partial charge is 0.249 e. The molecule has 0 bridgehead atoms. The van der Waals surface area contributed by atoms with Crippen LogP contribution in [0.2, 0.25) is 0 Å². The minimum atomic E-state index is -0.552. The van der Waals surface area contributed by atoms with Crippen LogP contribution in [-0.2, 0) is 14.4 Å². The Bertz CT molecular complexity index is 1850. The van der Waals surface area contributed by atoms with Crippen molar-refractivity contribution in [1.82, 2.24) is 25.5 Å². The number of piperazine rings is 1. The molecule has 2 saturated heterocycles. The summed E-state index contributed by atoms with van der Waals surface area (Å²) in [4.78, 5) is 50.2. The molecule has 1 atom stereocenters. The van der Waals surface area contributed by atoms with E-state index in [4.69, 9.17) is 0 Å². The van der Waals surface area contributed by atoms with Crippen molar-refractivity contribution >= 4 is 35.0 Å². The van der Waals surface area contributed by atoms with Crippen molar-refractivity contribution < 1.29 is 23.2 Å². The van der Waals surface area contributed by atoms with Crippen LogP contribution in [0.1, 0.15) is 88.5 Å². The van der Waals surface area contributed by atoms with Crippen LogP contribution in [-0.4, -0.2) is 82.9 Å². The van der Waals surface area contributed by atoms with Gasteiger partial charge in [-0.05, 0) is 106 Å². The maximum absolute atomic E-state index is 15.2. The fraction of sp³-hybridized carbons (Fsp3) is 0.537. The number of aromatic nitrogens is 2. The summed E-state index contributed by atoms with van der Waals surface area (Å²) in [6.45, 7) is 3.17. The molecule has 1 aromatic heterocycles. The maximum atomic E-state index is 15.2. The lowest BCUT2D eigenvalue weighted by Crippen LogP contribution is -2.52. The van der Waals surface area contributed by atoms with E-state index >= 15 is 4.39 Å². The molecule has 5 fully saturated rings. The second-order valence-corrected chi connectivity index (χ2v) is 15.8. The number of halogens is 2. The number of rotatable bonds is 10. The van der Waals surface area contributed by atoms with Crippen molar-refractivity contribution in [1.29, 1.82) is 0 Å². The van der Waals surface area contributed by atoms with Gasteiger partial charge in [0.1, 0.15) is 17.6 Å². The average molecular weight is 741 g/mol. The van der Waals surface area contributed by atoms with Crippen LogP contribution in [0.4, 0.5) is 26.1 Å². The molecule has 4 N–H and O–H groups in total. The van der Waals surface area contributed by atoms with Crippen molar-refractivity contribution in [3.8, 4) is 11.3 Å². The molecule has 286 valence electrons. The van der Waals surface area contributed by atoms with Crippen molar-refractivity contribution in [2.24, 2.45) is 5.92 Å². The molecule has 3 aromatic rings. The van der Waals surface area contributed by atoms with Gasteiger partial charge in [-0.15, -0.1) is 0 Å². The highest BCUT2D eigenvalue weighted by Gasteiger charge is 2.33. The zero-order chi connectivity index (χ0) is 37.2. The molecule has 3 aliphatic carbocycles. The van der Waals surface area contributed by atoms with Crippen molar-refractivity contribution in [2.45, 2.75) is 107 Å². The number of amides is 3. The summed E-state index contributed by atoms with van der Waals surface area (Å²) >= 11 is 0. The first-order valence-corrected chi connectivity index (χ1v) is 19.8. The van der Waals surface area contributed by atoms with E-state index < -0.39 is 11.9 Å². The largest absolute Gasteiger partial charge is 0.374 e. The van der Waals surface area contributed by atoms with Gasteiger partial charge in [0.2, 0.25) is 23.7 Å². The number of benzene rings is 2. The number of imide groups is 1. The predicted octanol–water partition coefficient (Wildman–Crippen LogP) is 5.74. The van der Waals surface area contributed by atoms with E-state index in [0.717, 1.165) is 83.1 Å². The third-order valence-corrected chi connectivity index (χ3v) is 12.1. The molecule has 54 heavy (non-hydrogen) atoms. The molecular weight excluding hydrogens is 690 g/mol. The average Bonchev–Trinajstić information content (AvgIpc) is 4.04. The summed E-state index contributed by atoms with van der Waals surface area (Å²) in [7, 11) is 0. The zero-order valence-electron chi connectivity index (χ0n) is 30.7. The Morgan fingerprint density at radius 1 is 0.796 bits per heavy atom. The van der Waals surface area contributed by atoms with Gasteiger partial charge in [0.25, 0.3) is 0 Å². The molecule has 3 saturated carbocycles. The van der Waals surface area contributed by atoms with E-state index in [1.54, 1.807) is 12.1 Å². The first kappa shape index (κ1) is 36.3. The molecule has 5 aliphatic rings. The van der Waals surface area contributed by atoms with Crippen LogP contribution in [0.5, 0.6) is 0 Å². The van der Waals surface area contributed by atoms with Crippen LogP contribution >= 0.6 is 0 Å². The van der Waals surface area contributed by atoms with E-state index in [-0.39, 0.29) is 48.0 Å². The normalized spacial score (nSPS) is 26.6. The van der Waals surface area contributed by atoms with Gasteiger partial charge in [-0.2, -0.15) is 0 Å². The second kappa shape index (κ2) is 16.0. The number of nitrogens with zero attached hydrogens (tertiary/aromatic N) is 4. The number of anilines is 3. The van der Waals surface area contributed by atoms with Gasteiger partial charge in [0.05, 0.1) is 11.9 Å². The van der Waals surface area contributed by atoms with E-state index in [9.17, 15) is 18.8 Å². The Hall–Kier alpha value is -4.65. The summed E-state index contributed by atoms with van der Waals surface area (Å²) in [5, 5.41) is 12.1. The van der Waals surface area contributed by atoms with Gasteiger partial charge in [-0.25, -0.2) is 18.7 Å². The van der Waals surface area contributed by atoms with Gasteiger partial charge in [-0.1, -0.05) is 18.2 Å². The van der Waals surface area contributed by atoms with Crippen LogP contribution in [0.3, 0.4) is 0 Å². The van der Waals surface area contributed by atoms with Crippen molar-refractivity contribution in [3.63, 3.8) is 0 Å². The first-order chi connectivity index (χ1) is 26.3. The zero-order valence-corrected chi connectivity index (χ0v) is 30.7. The van der Waals surface area contributed by atoms with Crippen LogP contribution in [0.15, 0.2) is 48.7 Å². The quantitative estimate of drug-likeness (QED) is 0.193. The molecule has 13 heteroatoms. The number of piperidine rings is 1. The van der Waals surface area contributed by atoms with Gasteiger partial charge in [-0.3, -0.25) is 24.6 Å². The second-order valence-electron chi connectivity index (χ2n) is 15.8. The Labute approximate surface area is 315 Å². The van der Waals surface area contributed by atoms with E-state index in [1.807, 2.05) is 18.2 Å². The highest BCUT2D eigenvalue weighted by Crippen LogP contribution is 2.41. The predicted molar refractivity (Wildman–Crippen MR) is 203 cm³/mol. The lowest BCUT2D eigenvalue weighted by atomic mass is 9.84. The Morgan fingerprint density at radius 2 is 1.56 bits per heavy atom. The van der Waals surface area contributed by atoms with Crippen molar-refractivity contribution in [3.05, 3.63) is 65.9 Å². The van der Waals surface area contributed by atoms with Crippen molar-refractivity contribution in [2.75, 3.05) is 41.7 Å². The van der Waals surface area contributed by atoms with Gasteiger partial charge < -0.3 is 20.9 Å². The van der Waals surface area contributed by atoms with E-state index in [1.165, 1.54) is 30.7 Å². The number of hydrogen-bond acceptors (Lipinski definition) is 9. The summed E-state index contributed by atoms with van der Waals surface area (Å²) in [5.41, 5.74) is 3.42. The number of carbonyl (C=O) groups is 3. The fourth-order valence-electron chi connectivity index (χ4n) is 8.80. The highest BCUT2D eigenvalue weighted by molar-refractivity contribution is 6.01. The topological polar surface area (TPSA) is 132 Å². The molecule has 2 aromatic carbocycles. The Kier molecular flexibility index (Phi) is 10.8. The molecule has 3 amide bonds. The lowest BCUT2D eigenvalue weighted by molar-refractivity contribution is -0.133. The van der Waals surface area contributed by atoms with Gasteiger partial charge in [0, 0.05) is 67.9 Å². The standard InChI is InChI=1S/C41H50F2N8O3/c42-33-23-31(45-35-15-17-37(52)48-40(35)54)12-16-36(33)51-20-18-50(19-21-51)32-13-10-29(11-14-32)46-39(53)26-6-8-30(9-7-26)47-41-44-24-34(43)38(49-41)28-3-1-2-27(22-28)25-4-5-25/h1-3,12,16,22-26,29-30,32,35,45H,4-11,13-15,17-21H2,(H,46,53)(H,44,47,49)(H,48,52,54). The molecular formula is C41H50F2N8O3. The monoisotopic (exact) mass is 740 g/mol. The minimum Gasteiger partial charge on any atom is -0.374 e. The Morgan fingerprint density at radius 3 is 2.28 bits per heavy atom. The molecule has 1 unspecified atom stereocenters. The van der Waals surface area contributed by atoms with Crippen LogP contribution in [0.25, 0.3) is 11.3 Å². The number of nitrogens with one attached hydrogen (secondary N) is 4. The molecule has 0 spiro atoms. The van der Waals surface area contributed by atoms with Crippen LogP contribution in [0, 0.1) is 17.6 Å². The fourth-order valence-corrected chi connectivity index (χ4v) is 8.80. The summed E-state index contributed by atoms with van der Waals surface area (Å²) in [6, 6.07) is 13.2. The minimum absolute atomic E-state index is 0.00798. The van der Waals surface area contributed by atoms with E-state index in [0.29, 0.717) is 41.4 Å². The summed E-state index contributed by atoms with van der Waals surface area (Å²) < 4.78 is 30.0. The Balaban J connectivity index is 0.748. The lowest BCUT2D eigenvalue weighted by Gasteiger charge is -2.43. The van der Waals surface area contributed by atoms with Gasteiger partial charge in [0.15, 0.2) is 5.82 Å². The van der Waals surface area contributed by atoms with E-state index in [2.05, 4.69) is 47.1 Å². The third kappa shape index (κ3) is 8.51.